The molecule has 3 aromatic heterocycles. The first-order chi connectivity index (χ1) is 9.92. The zero-order chi connectivity index (χ0) is 13.4. The number of nitrogens with one attached hydrogen (secondary N) is 2. The van der Waals surface area contributed by atoms with Crippen molar-refractivity contribution >= 4 is 10.9 Å². The summed E-state index contributed by atoms with van der Waals surface area (Å²) in [6.45, 7) is 0. The van der Waals surface area contributed by atoms with Gasteiger partial charge in [0.2, 0.25) is 5.82 Å². The molecule has 3 heterocycles. The maximum atomic E-state index is 4.37. The number of pyridine rings is 1. The second-order valence-corrected chi connectivity index (χ2v) is 4.30. The van der Waals surface area contributed by atoms with E-state index in [0.717, 1.165) is 27.7 Å². The molecule has 0 atom stereocenters. The molecule has 1 aromatic carbocycles. The molecule has 0 spiro atoms. The minimum absolute atomic E-state index is 0.564. The summed E-state index contributed by atoms with van der Waals surface area (Å²) in [5.74, 6) is 0.564. The summed E-state index contributed by atoms with van der Waals surface area (Å²) in [5, 5.41) is 22.4. The van der Waals surface area contributed by atoms with Gasteiger partial charge in [0.05, 0.1) is 5.52 Å². The Kier molecular flexibility index (Phi) is 2.28. The fourth-order valence-electron chi connectivity index (χ4n) is 2.17. The lowest BCUT2D eigenvalue weighted by molar-refractivity contribution is 0.881. The number of aromatic nitrogens is 7. The van der Waals surface area contributed by atoms with Crippen LogP contribution in [0.3, 0.4) is 0 Å². The highest BCUT2D eigenvalue weighted by Crippen LogP contribution is 2.28. The van der Waals surface area contributed by atoms with Gasteiger partial charge in [-0.15, -0.1) is 10.2 Å². The molecule has 4 rings (SSSR count). The number of rotatable bonds is 2. The molecule has 0 bridgehead atoms. The summed E-state index contributed by atoms with van der Waals surface area (Å²) in [6, 6.07) is 9.74. The fourth-order valence-corrected chi connectivity index (χ4v) is 2.17. The van der Waals surface area contributed by atoms with Gasteiger partial charge in [-0.05, 0) is 35.5 Å². The molecule has 0 radical (unpaired) electrons. The van der Waals surface area contributed by atoms with E-state index < -0.39 is 0 Å². The predicted octanol–water partition coefficient (Wildman–Crippen LogP) is 1.80. The molecule has 0 saturated heterocycles. The van der Waals surface area contributed by atoms with E-state index in [-0.39, 0.29) is 0 Å². The van der Waals surface area contributed by atoms with Gasteiger partial charge in [0.25, 0.3) is 0 Å². The number of aromatic amines is 2. The molecule has 0 unspecified atom stereocenters. The summed E-state index contributed by atoms with van der Waals surface area (Å²) < 4.78 is 0. The molecule has 4 aromatic rings. The van der Waals surface area contributed by atoms with Crippen LogP contribution in [-0.2, 0) is 0 Å². The lowest BCUT2D eigenvalue weighted by atomic mass is 10.1. The molecule has 0 aliphatic carbocycles. The third kappa shape index (κ3) is 1.64. The van der Waals surface area contributed by atoms with E-state index in [4.69, 9.17) is 0 Å². The zero-order valence-corrected chi connectivity index (χ0v) is 10.3. The number of hydrogen-bond acceptors (Lipinski definition) is 5. The highest BCUT2D eigenvalue weighted by atomic mass is 15.5. The minimum Gasteiger partial charge on any atom is -0.277 e. The maximum absolute atomic E-state index is 4.37. The van der Waals surface area contributed by atoms with Gasteiger partial charge in [0.15, 0.2) is 0 Å². The van der Waals surface area contributed by atoms with E-state index in [1.54, 1.807) is 12.4 Å². The SMILES string of the molecule is c1cc(-c2n[nH]c3ccc(-c4nn[nH]n4)cc23)ccn1. The lowest BCUT2D eigenvalue weighted by Gasteiger charge is -1.98. The third-order valence-corrected chi connectivity index (χ3v) is 3.12. The Bertz CT molecular complexity index is 849. The van der Waals surface area contributed by atoms with E-state index >= 15 is 0 Å². The molecule has 20 heavy (non-hydrogen) atoms. The summed E-state index contributed by atoms with van der Waals surface area (Å²) >= 11 is 0. The normalized spacial score (nSPS) is 11.0. The van der Waals surface area contributed by atoms with Crippen molar-refractivity contribution in [3.8, 4) is 22.6 Å². The average molecular weight is 263 g/mol. The van der Waals surface area contributed by atoms with Crippen LogP contribution in [0.5, 0.6) is 0 Å². The molecular weight excluding hydrogens is 254 g/mol. The van der Waals surface area contributed by atoms with Crippen LogP contribution in [0.1, 0.15) is 0 Å². The molecule has 2 N–H and O–H groups in total. The molecular formula is C13H9N7. The van der Waals surface area contributed by atoms with Crippen molar-refractivity contribution in [2.24, 2.45) is 0 Å². The van der Waals surface area contributed by atoms with Gasteiger partial charge in [0.1, 0.15) is 5.69 Å². The van der Waals surface area contributed by atoms with E-state index in [1.165, 1.54) is 0 Å². The Morgan fingerprint density at radius 1 is 0.900 bits per heavy atom. The third-order valence-electron chi connectivity index (χ3n) is 3.12. The number of nitrogens with zero attached hydrogens (tertiary/aromatic N) is 5. The summed E-state index contributed by atoms with van der Waals surface area (Å²) in [5.41, 5.74) is 3.75. The van der Waals surface area contributed by atoms with Crippen LogP contribution in [0.25, 0.3) is 33.5 Å². The van der Waals surface area contributed by atoms with Crippen LogP contribution >= 0.6 is 0 Å². The van der Waals surface area contributed by atoms with Gasteiger partial charge in [-0.2, -0.15) is 10.3 Å². The van der Waals surface area contributed by atoms with Crippen molar-refractivity contribution in [1.29, 1.82) is 0 Å². The van der Waals surface area contributed by atoms with Gasteiger partial charge in [-0.3, -0.25) is 10.1 Å². The second kappa shape index (κ2) is 4.23. The Balaban J connectivity index is 1.93. The van der Waals surface area contributed by atoms with Crippen LogP contribution in [0.15, 0.2) is 42.7 Å². The van der Waals surface area contributed by atoms with E-state index in [1.807, 2.05) is 30.3 Å². The molecule has 0 aliphatic heterocycles. The smallest absolute Gasteiger partial charge is 0.204 e. The second-order valence-electron chi connectivity index (χ2n) is 4.30. The van der Waals surface area contributed by atoms with Crippen molar-refractivity contribution in [3.05, 3.63) is 42.7 Å². The quantitative estimate of drug-likeness (QED) is 0.575. The molecule has 0 saturated carbocycles. The van der Waals surface area contributed by atoms with Crippen molar-refractivity contribution in [1.82, 2.24) is 35.8 Å². The van der Waals surface area contributed by atoms with E-state index in [0.29, 0.717) is 5.82 Å². The summed E-state index contributed by atoms with van der Waals surface area (Å²) in [4.78, 5) is 4.02. The molecule has 7 nitrogen and oxygen atoms in total. The van der Waals surface area contributed by atoms with Gasteiger partial charge in [-0.1, -0.05) is 0 Å². The topological polar surface area (TPSA) is 96.0 Å². The predicted molar refractivity (Wildman–Crippen MR) is 72.5 cm³/mol. The monoisotopic (exact) mass is 263 g/mol. The van der Waals surface area contributed by atoms with Crippen LogP contribution in [-0.4, -0.2) is 35.8 Å². The minimum atomic E-state index is 0.564. The van der Waals surface area contributed by atoms with E-state index in [9.17, 15) is 0 Å². The number of tetrazole rings is 1. The zero-order valence-electron chi connectivity index (χ0n) is 10.3. The van der Waals surface area contributed by atoms with Crippen molar-refractivity contribution < 1.29 is 0 Å². The first kappa shape index (κ1) is 10.8. The Labute approximate surface area is 113 Å². The van der Waals surface area contributed by atoms with Gasteiger partial charge < -0.3 is 0 Å². The highest BCUT2D eigenvalue weighted by molar-refractivity contribution is 5.95. The average Bonchev–Trinajstić information content (AvgIpc) is 3.17. The number of hydrogen-bond donors (Lipinski definition) is 2. The Morgan fingerprint density at radius 2 is 1.80 bits per heavy atom. The first-order valence-electron chi connectivity index (χ1n) is 6.04. The summed E-state index contributed by atoms with van der Waals surface area (Å²) in [7, 11) is 0. The number of benzene rings is 1. The molecule has 7 heteroatoms. The molecule has 0 aliphatic rings. The van der Waals surface area contributed by atoms with Crippen molar-refractivity contribution in [2.45, 2.75) is 0 Å². The Morgan fingerprint density at radius 3 is 2.60 bits per heavy atom. The largest absolute Gasteiger partial charge is 0.277 e. The van der Waals surface area contributed by atoms with Crippen molar-refractivity contribution in [3.63, 3.8) is 0 Å². The lowest BCUT2D eigenvalue weighted by Crippen LogP contribution is -1.82. The number of fused-ring (bicyclic) bond motifs is 1. The maximum Gasteiger partial charge on any atom is 0.204 e. The highest BCUT2D eigenvalue weighted by Gasteiger charge is 2.10. The molecule has 96 valence electrons. The standard InChI is InChI=1S/C13H9N7/c1-2-11-10(7-9(1)13-17-19-20-18-13)12(16-15-11)8-3-5-14-6-4-8/h1-7H,(H,15,16)(H,17,18,19,20). The number of H-pyrrole nitrogens is 2. The molecule has 0 fully saturated rings. The summed E-state index contributed by atoms with van der Waals surface area (Å²) in [6.07, 6.45) is 3.50. The van der Waals surface area contributed by atoms with Crippen LogP contribution in [0.2, 0.25) is 0 Å². The van der Waals surface area contributed by atoms with Crippen LogP contribution in [0, 0.1) is 0 Å². The molecule has 0 amide bonds. The van der Waals surface area contributed by atoms with Crippen LogP contribution in [0.4, 0.5) is 0 Å². The van der Waals surface area contributed by atoms with E-state index in [2.05, 4.69) is 35.8 Å². The Hall–Kier alpha value is -3.09. The fraction of sp³-hybridized carbons (Fsp3) is 0. The van der Waals surface area contributed by atoms with Gasteiger partial charge >= 0.3 is 0 Å². The van der Waals surface area contributed by atoms with Gasteiger partial charge in [-0.25, -0.2) is 0 Å². The first-order valence-corrected chi connectivity index (χ1v) is 6.04. The van der Waals surface area contributed by atoms with Crippen LogP contribution < -0.4 is 0 Å². The van der Waals surface area contributed by atoms with Crippen molar-refractivity contribution in [2.75, 3.05) is 0 Å². The van der Waals surface area contributed by atoms with Gasteiger partial charge in [0, 0.05) is 28.9 Å².